The summed E-state index contributed by atoms with van der Waals surface area (Å²) < 4.78 is 56.3. The molecule has 0 spiro atoms. The highest BCUT2D eigenvalue weighted by Gasteiger charge is 2.50. The van der Waals surface area contributed by atoms with Crippen LogP contribution in [0.5, 0.6) is 11.8 Å². The highest BCUT2D eigenvalue weighted by Crippen LogP contribution is 2.44. The van der Waals surface area contributed by atoms with Crippen molar-refractivity contribution >= 4 is 41.7 Å². The fourth-order valence-corrected chi connectivity index (χ4v) is 16.6. The molecule has 14 heteroatoms. The van der Waals surface area contributed by atoms with E-state index >= 15 is 4.39 Å². The minimum absolute atomic E-state index is 0.00585. The van der Waals surface area contributed by atoms with E-state index < -0.39 is 31.2 Å². The molecular formula is C49H64F2N6O5Si. The molecule has 4 fully saturated rings. The fourth-order valence-electron chi connectivity index (χ4n) is 11.4. The lowest BCUT2D eigenvalue weighted by Crippen LogP contribution is -2.57. The first-order chi connectivity index (χ1) is 29.9. The van der Waals surface area contributed by atoms with Crippen LogP contribution in [0.4, 0.5) is 19.4 Å². The van der Waals surface area contributed by atoms with Gasteiger partial charge in [0.2, 0.25) is 0 Å². The number of hydrogen-bond acceptors (Lipinski definition) is 10. The molecule has 1 amide bonds. The highest BCUT2D eigenvalue weighted by molar-refractivity contribution is 6.90. The van der Waals surface area contributed by atoms with Crippen molar-refractivity contribution in [3.63, 3.8) is 0 Å². The topological polar surface area (TPSA) is 102 Å². The molecule has 2 aromatic heterocycles. The van der Waals surface area contributed by atoms with E-state index in [0.717, 1.165) is 48.6 Å². The van der Waals surface area contributed by atoms with Crippen LogP contribution in [-0.2, 0) is 9.47 Å². The third-order valence-electron chi connectivity index (χ3n) is 14.1. The van der Waals surface area contributed by atoms with Crippen molar-refractivity contribution in [1.82, 2.24) is 24.8 Å². The molecule has 0 radical (unpaired) electrons. The number of ether oxygens (including phenoxy) is 4. The van der Waals surface area contributed by atoms with Crippen LogP contribution in [0.3, 0.4) is 0 Å². The molecule has 0 N–H and O–H groups in total. The van der Waals surface area contributed by atoms with Crippen LogP contribution < -0.4 is 14.4 Å². The maximum absolute atomic E-state index is 17.9. The number of amides is 1. The van der Waals surface area contributed by atoms with Gasteiger partial charge in [0.05, 0.1) is 23.0 Å². The number of halogens is 2. The molecule has 11 nitrogen and oxygen atoms in total. The Hall–Kier alpha value is -4.58. The summed E-state index contributed by atoms with van der Waals surface area (Å²) in [4.78, 5) is 34.2. The standard InChI is InChI=1S/C49H64F2N6O5Si/c1-30(2)63(31(3)4,32(5)6)20-17-33-13-11-14-34-21-38(61-29-59-10)22-39(41(33)34)43-42(51)44-40(24-52-43)45(54-46(53-44)60-28-49-18-12-19-56(49)25-35(50)23-49)55-26-36-15-16-37(27-55)57(36)47(58)62-48(7,8)9/h11,13-14,21-22,24,30-32,35-37H,12,15-16,18-19,23,25-29H2,1-10H3/t35-,36-,37+,49+/m1/s1. The van der Waals surface area contributed by atoms with E-state index in [4.69, 9.17) is 33.9 Å². The minimum atomic E-state index is -2.14. The van der Waals surface area contributed by atoms with E-state index in [2.05, 4.69) is 62.8 Å². The van der Waals surface area contributed by atoms with Gasteiger partial charge in [-0.25, -0.2) is 13.6 Å². The number of piperazine rings is 1. The Labute approximate surface area is 372 Å². The second kappa shape index (κ2) is 17.4. The third-order valence-corrected chi connectivity index (χ3v) is 20.4. The number of carbonyl (C=O) groups is 1. The van der Waals surface area contributed by atoms with Crippen LogP contribution >= 0.6 is 0 Å². The number of alkyl halides is 1. The molecule has 6 heterocycles. The monoisotopic (exact) mass is 882 g/mol. The van der Waals surface area contributed by atoms with E-state index in [-0.39, 0.29) is 48.8 Å². The Balaban J connectivity index is 1.27. The van der Waals surface area contributed by atoms with Crippen LogP contribution in [0.1, 0.15) is 100.0 Å². The van der Waals surface area contributed by atoms with Gasteiger partial charge < -0.3 is 23.8 Å². The molecule has 4 aliphatic rings. The van der Waals surface area contributed by atoms with Gasteiger partial charge in [0.1, 0.15) is 49.2 Å². The summed E-state index contributed by atoms with van der Waals surface area (Å²) in [5.74, 6) is 3.98. The Morgan fingerprint density at radius 1 is 1.00 bits per heavy atom. The van der Waals surface area contributed by atoms with Crippen LogP contribution in [0.25, 0.3) is 32.9 Å². The first kappa shape index (κ1) is 45.0. The van der Waals surface area contributed by atoms with Gasteiger partial charge >= 0.3 is 12.1 Å². The van der Waals surface area contributed by atoms with E-state index in [9.17, 15) is 9.18 Å². The highest BCUT2D eigenvalue weighted by atomic mass is 28.3. The van der Waals surface area contributed by atoms with E-state index in [0.29, 0.717) is 65.2 Å². The number of anilines is 1. The molecule has 338 valence electrons. The van der Waals surface area contributed by atoms with Crippen molar-refractivity contribution in [1.29, 1.82) is 0 Å². The number of benzene rings is 2. The van der Waals surface area contributed by atoms with Gasteiger partial charge in [-0.2, -0.15) is 9.97 Å². The zero-order chi connectivity index (χ0) is 45.0. The SMILES string of the molecule is COCOc1cc(-c2ncc3c(N4C[C@H]5CC[C@@H](C4)N5C(=O)OC(C)(C)C)nc(OC[C@@]45CCCN4C[C@H](F)C5)nc3c2F)c2c(C#C[Si](C(C)C)(C(C)C)C(C)C)cccc2c1. The Bertz CT molecular complexity index is 2400. The summed E-state index contributed by atoms with van der Waals surface area (Å²) in [5, 5.41) is 2.02. The average molecular weight is 883 g/mol. The minimum Gasteiger partial charge on any atom is -0.468 e. The molecule has 2 bridgehead atoms. The molecular weight excluding hydrogens is 819 g/mol. The van der Waals surface area contributed by atoms with Gasteiger partial charge in [0, 0.05) is 55.9 Å². The quantitative estimate of drug-likeness (QED) is 0.0822. The number of methoxy groups -OCH3 is 1. The van der Waals surface area contributed by atoms with Crippen LogP contribution in [-0.4, -0.2) is 115 Å². The number of pyridine rings is 1. The summed E-state index contributed by atoms with van der Waals surface area (Å²) in [7, 11) is -0.580. The number of hydrogen-bond donors (Lipinski definition) is 0. The molecule has 4 saturated heterocycles. The molecule has 63 heavy (non-hydrogen) atoms. The second-order valence-corrected chi connectivity index (χ2v) is 25.7. The van der Waals surface area contributed by atoms with Crippen molar-refractivity contribution in [2.24, 2.45) is 0 Å². The molecule has 0 saturated carbocycles. The molecule has 8 rings (SSSR count). The molecule has 4 aromatic rings. The van der Waals surface area contributed by atoms with Crippen molar-refractivity contribution in [2.75, 3.05) is 51.6 Å². The van der Waals surface area contributed by atoms with Gasteiger partial charge in [-0.1, -0.05) is 59.6 Å². The summed E-state index contributed by atoms with van der Waals surface area (Å²) in [6.45, 7) is 21.7. The number of aromatic nitrogens is 3. The van der Waals surface area contributed by atoms with E-state index in [1.54, 1.807) is 19.4 Å². The second-order valence-electron chi connectivity index (χ2n) is 20.1. The first-order valence-corrected chi connectivity index (χ1v) is 25.0. The number of fused-ring (bicyclic) bond motifs is 5. The maximum atomic E-state index is 17.9. The van der Waals surface area contributed by atoms with E-state index in [1.807, 2.05) is 49.9 Å². The lowest BCUT2D eigenvalue weighted by molar-refractivity contribution is 0.0122. The third kappa shape index (κ3) is 8.45. The molecule has 0 unspecified atom stereocenters. The number of nitrogens with zero attached hydrogens (tertiary/aromatic N) is 6. The lowest BCUT2D eigenvalue weighted by Gasteiger charge is -2.42. The Morgan fingerprint density at radius 2 is 1.71 bits per heavy atom. The average Bonchev–Trinajstić information content (AvgIpc) is 3.84. The Kier molecular flexibility index (Phi) is 12.4. The van der Waals surface area contributed by atoms with Crippen LogP contribution in [0.15, 0.2) is 36.5 Å². The summed E-state index contributed by atoms with van der Waals surface area (Å²) in [6, 6.07) is 9.45. The zero-order valence-corrected chi connectivity index (χ0v) is 39.7. The van der Waals surface area contributed by atoms with E-state index in [1.165, 1.54) is 0 Å². The van der Waals surface area contributed by atoms with Gasteiger partial charge in [-0.15, -0.1) is 5.54 Å². The number of rotatable bonds is 11. The van der Waals surface area contributed by atoms with Gasteiger partial charge in [-0.05, 0) is 93.2 Å². The van der Waals surface area contributed by atoms with Crippen molar-refractivity contribution < 1.29 is 32.5 Å². The van der Waals surface area contributed by atoms with Crippen molar-refractivity contribution in [3.8, 4) is 34.5 Å². The van der Waals surface area contributed by atoms with Crippen LogP contribution in [0, 0.1) is 17.3 Å². The first-order valence-electron chi connectivity index (χ1n) is 22.8. The summed E-state index contributed by atoms with van der Waals surface area (Å²) >= 11 is 0. The van der Waals surface area contributed by atoms with Gasteiger partial charge in [0.15, 0.2) is 12.6 Å². The smallest absolute Gasteiger partial charge is 0.410 e. The normalized spacial score (nSPS) is 22.7. The summed E-state index contributed by atoms with van der Waals surface area (Å²) in [6.07, 6.45) is 4.14. The van der Waals surface area contributed by atoms with Crippen molar-refractivity contribution in [2.45, 2.75) is 140 Å². The van der Waals surface area contributed by atoms with Gasteiger partial charge in [-0.3, -0.25) is 14.8 Å². The zero-order valence-electron chi connectivity index (χ0n) is 38.7. The van der Waals surface area contributed by atoms with Crippen LogP contribution in [0.2, 0.25) is 16.6 Å². The fraction of sp³-hybridized carbons (Fsp3) is 0.592. The van der Waals surface area contributed by atoms with Crippen molar-refractivity contribution in [3.05, 3.63) is 47.9 Å². The molecule has 0 aliphatic carbocycles. The largest absolute Gasteiger partial charge is 0.468 e. The molecule has 4 atom stereocenters. The predicted octanol–water partition coefficient (Wildman–Crippen LogP) is 10.1. The molecule has 4 aliphatic heterocycles. The van der Waals surface area contributed by atoms with Gasteiger partial charge in [0.25, 0.3) is 0 Å². The number of carbonyl (C=O) groups excluding carboxylic acids is 1. The Morgan fingerprint density at radius 3 is 2.38 bits per heavy atom. The lowest BCUT2D eigenvalue weighted by atomic mass is 9.95. The maximum Gasteiger partial charge on any atom is 0.410 e. The molecule has 2 aromatic carbocycles. The summed E-state index contributed by atoms with van der Waals surface area (Å²) in [5.41, 5.74) is 5.52. The predicted molar refractivity (Wildman–Crippen MR) is 246 cm³/mol.